The first-order valence-electron chi connectivity index (χ1n) is 7.92. The third-order valence-electron chi connectivity index (χ3n) is 4.48. The van der Waals surface area contributed by atoms with E-state index in [1.54, 1.807) is 4.90 Å². The number of nitrogen functional groups attached to an aromatic ring is 1. The third-order valence-corrected chi connectivity index (χ3v) is 4.48. The van der Waals surface area contributed by atoms with E-state index < -0.39 is 17.6 Å². The maximum Gasteiger partial charge on any atom is 0.326 e. The van der Waals surface area contributed by atoms with Crippen LogP contribution >= 0.6 is 0 Å². The van der Waals surface area contributed by atoms with Crippen LogP contribution in [0.4, 0.5) is 17.5 Å². The van der Waals surface area contributed by atoms with Crippen molar-refractivity contribution < 1.29 is 19.4 Å². The fourth-order valence-corrected chi connectivity index (χ4v) is 2.61. The minimum absolute atomic E-state index is 0.00288. The number of fused-ring (bicyclic) bond motifs is 1. The van der Waals surface area contributed by atoms with Gasteiger partial charge in [0, 0.05) is 0 Å². The predicted octanol–water partition coefficient (Wildman–Crippen LogP) is -1.84. The molecular formula is C14H22N6O5. The van der Waals surface area contributed by atoms with Gasteiger partial charge in [-0.1, -0.05) is 6.92 Å². The van der Waals surface area contributed by atoms with Crippen LogP contribution in [0.1, 0.15) is 13.3 Å². The van der Waals surface area contributed by atoms with Gasteiger partial charge in [0.15, 0.2) is 5.82 Å². The quantitative estimate of drug-likeness (QED) is 0.351. The van der Waals surface area contributed by atoms with Crippen molar-refractivity contribution in [3.63, 3.8) is 0 Å². The van der Waals surface area contributed by atoms with Crippen molar-refractivity contribution in [1.82, 2.24) is 9.97 Å². The van der Waals surface area contributed by atoms with E-state index in [1.807, 2.05) is 6.92 Å². The molecule has 11 heteroatoms. The van der Waals surface area contributed by atoms with Crippen LogP contribution in [0.3, 0.4) is 0 Å². The second-order valence-electron chi connectivity index (χ2n) is 6.37. The van der Waals surface area contributed by atoms with Gasteiger partial charge in [-0.15, -0.1) is 0 Å². The SMILES string of the molecule is CC1CC1(N)C(=O)OCC(CO)OCN1CNc2c1nc(N)[nH]c2=O. The Balaban J connectivity index is 1.53. The molecule has 3 unspecified atom stereocenters. The van der Waals surface area contributed by atoms with Gasteiger partial charge in [0.1, 0.15) is 30.7 Å². The molecule has 2 aliphatic rings. The van der Waals surface area contributed by atoms with Crippen LogP contribution in [-0.4, -0.2) is 59.3 Å². The minimum atomic E-state index is -0.916. The zero-order valence-electron chi connectivity index (χ0n) is 13.8. The normalized spacial score (nSPS) is 25.2. The summed E-state index contributed by atoms with van der Waals surface area (Å²) in [4.78, 5) is 31.7. The number of aromatic amines is 1. The first-order chi connectivity index (χ1) is 11.8. The fraction of sp³-hybridized carbons (Fsp3) is 0.643. The Morgan fingerprint density at radius 3 is 2.96 bits per heavy atom. The lowest BCUT2D eigenvalue weighted by Crippen LogP contribution is -2.39. The van der Waals surface area contributed by atoms with E-state index in [1.165, 1.54) is 0 Å². The van der Waals surface area contributed by atoms with Crippen LogP contribution in [0.2, 0.25) is 0 Å². The Morgan fingerprint density at radius 1 is 1.60 bits per heavy atom. The summed E-state index contributed by atoms with van der Waals surface area (Å²) in [5, 5.41) is 12.3. The number of hydrogen-bond acceptors (Lipinski definition) is 10. The highest BCUT2D eigenvalue weighted by Crippen LogP contribution is 2.41. The number of aliphatic hydroxyl groups is 1. The fourth-order valence-electron chi connectivity index (χ4n) is 2.61. The summed E-state index contributed by atoms with van der Waals surface area (Å²) in [6.07, 6.45) is -0.126. The number of anilines is 3. The summed E-state index contributed by atoms with van der Waals surface area (Å²) in [6, 6.07) is 0. The molecule has 11 nitrogen and oxygen atoms in total. The van der Waals surface area contributed by atoms with E-state index in [-0.39, 0.29) is 37.4 Å². The zero-order chi connectivity index (χ0) is 18.2. The predicted molar refractivity (Wildman–Crippen MR) is 88.7 cm³/mol. The van der Waals surface area contributed by atoms with Gasteiger partial charge in [-0.2, -0.15) is 4.98 Å². The first-order valence-corrected chi connectivity index (χ1v) is 7.92. The average Bonchev–Trinajstić information content (AvgIpc) is 3.00. The van der Waals surface area contributed by atoms with Crippen LogP contribution < -0.4 is 27.2 Å². The van der Waals surface area contributed by atoms with Crippen molar-refractivity contribution in [3.05, 3.63) is 10.4 Å². The molecule has 0 saturated heterocycles. The Kier molecular flexibility index (Phi) is 4.54. The summed E-state index contributed by atoms with van der Waals surface area (Å²) < 4.78 is 10.7. The maximum atomic E-state index is 11.9. The van der Waals surface area contributed by atoms with Gasteiger partial charge in [-0.05, 0) is 12.3 Å². The highest BCUT2D eigenvalue weighted by atomic mass is 16.6. The third kappa shape index (κ3) is 3.38. The summed E-state index contributed by atoms with van der Waals surface area (Å²) in [5.41, 5.74) is 10.4. The molecule has 0 aromatic carbocycles. The molecule has 1 aliphatic carbocycles. The maximum absolute atomic E-state index is 11.9. The average molecular weight is 354 g/mol. The van der Waals surface area contributed by atoms with Gasteiger partial charge >= 0.3 is 5.97 Å². The van der Waals surface area contributed by atoms with Crippen LogP contribution in [0.5, 0.6) is 0 Å². The van der Waals surface area contributed by atoms with Crippen molar-refractivity contribution in [2.24, 2.45) is 11.7 Å². The molecule has 1 aromatic heterocycles. The topological polar surface area (TPSA) is 169 Å². The van der Waals surface area contributed by atoms with Gasteiger partial charge in [0.2, 0.25) is 5.95 Å². The van der Waals surface area contributed by atoms with Crippen LogP contribution in [0.25, 0.3) is 0 Å². The lowest BCUT2D eigenvalue weighted by atomic mass is 10.2. The molecule has 25 heavy (non-hydrogen) atoms. The van der Waals surface area contributed by atoms with Crippen molar-refractivity contribution in [2.75, 3.05) is 42.6 Å². The van der Waals surface area contributed by atoms with Crippen LogP contribution in [0, 0.1) is 5.92 Å². The second-order valence-corrected chi connectivity index (χ2v) is 6.37. The lowest BCUT2D eigenvalue weighted by molar-refractivity contribution is -0.152. The van der Waals surface area contributed by atoms with E-state index in [0.717, 1.165) is 0 Å². The standard InChI is InChI=1S/C14H22N6O5/c1-7-2-14(7,16)12(23)24-4-8(3-21)25-6-20-5-17-9-10(20)18-13(15)19-11(9)22/h7-8,17,21H,2-6,16H2,1H3,(H3,15,18,19,22). The van der Waals surface area contributed by atoms with E-state index in [9.17, 15) is 14.7 Å². The number of ether oxygens (including phenoxy) is 2. The Hall–Kier alpha value is -2.37. The summed E-state index contributed by atoms with van der Waals surface area (Å²) in [5.74, 6) is -0.0361. The Bertz CT molecular complexity index is 724. The van der Waals surface area contributed by atoms with Crippen LogP contribution in [-0.2, 0) is 14.3 Å². The zero-order valence-corrected chi connectivity index (χ0v) is 13.8. The van der Waals surface area contributed by atoms with Crippen LogP contribution in [0.15, 0.2) is 4.79 Å². The monoisotopic (exact) mass is 354 g/mol. The number of nitrogens with one attached hydrogen (secondary N) is 2. The van der Waals surface area contributed by atoms with E-state index in [0.29, 0.717) is 24.6 Å². The molecule has 0 spiro atoms. The highest BCUT2D eigenvalue weighted by molar-refractivity contribution is 5.84. The first kappa shape index (κ1) is 17.5. The molecule has 138 valence electrons. The van der Waals surface area contributed by atoms with Gasteiger partial charge in [0.25, 0.3) is 5.56 Å². The minimum Gasteiger partial charge on any atom is -0.461 e. The molecule has 1 saturated carbocycles. The number of aromatic nitrogens is 2. The largest absolute Gasteiger partial charge is 0.461 e. The molecule has 3 atom stereocenters. The number of carbonyl (C=O) groups is 1. The van der Waals surface area contributed by atoms with Crippen molar-refractivity contribution >= 4 is 23.4 Å². The molecular weight excluding hydrogens is 332 g/mol. The number of aliphatic hydroxyl groups excluding tert-OH is 1. The number of H-pyrrole nitrogens is 1. The highest BCUT2D eigenvalue weighted by Gasteiger charge is 2.55. The van der Waals surface area contributed by atoms with Gasteiger partial charge in [-0.3, -0.25) is 14.6 Å². The smallest absolute Gasteiger partial charge is 0.326 e. The second kappa shape index (κ2) is 6.50. The van der Waals surface area contributed by atoms with Crippen molar-refractivity contribution in [1.29, 1.82) is 0 Å². The van der Waals surface area contributed by atoms with Crippen molar-refractivity contribution in [3.8, 4) is 0 Å². The van der Waals surface area contributed by atoms with E-state index in [4.69, 9.17) is 20.9 Å². The number of rotatable bonds is 7. The molecule has 2 heterocycles. The number of nitrogens with two attached hydrogens (primary N) is 2. The summed E-state index contributed by atoms with van der Waals surface area (Å²) in [7, 11) is 0. The molecule has 0 amide bonds. The Labute approximate surface area is 143 Å². The number of hydrogen-bond donors (Lipinski definition) is 5. The molecule has 1 aromatic rings. The van der Waals surface area contributed by atoms with Gasteiger partial charge < -0.3 is 36.3 Å². The van der Waals surface area contributed by atoms with Gasteiger partial charge in [0.05, 0.1) is 13.3 Å². The number of nitrogens with zero attached hydrogens (tertiary/aromatic N) is 2. The molecule has 1 fully saturated rings. The molecule has 3 rings (SSSR count). The number of carbonyl (C=O) groups excluding carboxylic acids is 1. The molecule has 7 N–H and O–H groups in total. The van der Waals surface area contributed by atoms with Crippen molar-refractivity contribution in [2.45, 2.75) is 25.0 Å². The number of esters is 1. The molecule has 0 radical (unpaired) electrons. The van der Waals surface area contributed by atoms with E-state index >= 15 is 0 Å². The summed E-state index contributed by atoms with van der Waals surface area (Å²) >= 11 is 0. The van der Waals surface area contributed by atoms with Gasteiger partial charge in [-0.25, -0.2) is 0 Å². The molecule has 1 aliphatic heterocycles. The lowest BCUT2D eigenvalue weighted by Gasteiger charge is -2.22. The molecule has 0 bridgehead atoms. The Morgan fingerprint density at radius 2 is 2.32 bits per heavy atom. The van der Waals surface area contributed by atoms with E-state index in [2.05, 4.69) is 15.3 Å². The summed E-state index contributed by atoms with van der Waals surface area (Å²) in [6.45, 7) is 1.76.